The van der Waals surface area contributed by atoms with Crippen molar-refractivity contribution in [1.29, 1.82) is 0 Å². The number of ether oxygens (including phenoxy) is 4. The molecule has 1 saturated heterocycles. The number of hydrogen-bond acceptors (Lipinski definition) is 10. The highest BCUT2D eigenvalue weighted by atomic mass is 16.7. The Hall–Kier alpha value is -2.34. The van der Waals surface area contributed by atoms with Crippen molar-refractivity contribution in [3.8, 4) is 0 Å². The van der Waals surface area contributed by atoms with Gasteiger partial charge in [-0.1, -0.05) is 152 Å². The van der Waals surface area contributed by atoms with Crippen LogP contribution in [-0.2, 0) is 28.5 Å². The van der Waals surface area contributed by atoms with Crippen molar-refractivity contribution in [1.82, 2.24) is 0 Å². The van der Waals surface area contributed by atoms with Gasteiger partial charge in [0.15, 0.2) is 12.4 Å². The van der Waals surface area contributed by atoms with Crippen LogP contribution in [0.2, 0.25) is 0 Å². The van der Waals surface area contributed by atoms with E-state index in [1.165, 1.54) is 83.5 Å². The molecule has 10 nitrogen and oxygen atoms in total. The van der Waals surface area contributed by atoms with E-state index in [9.17, 15) is 30.0 Å². The molecule has 1 rings (SSSR count). The summed E-state index contributed by atoms with van der Waals surface area (Å²) in [5.74, 6) is -0.904. The molecule has 324 valence electrons. The molecule has 0 radical (unpaired) electrons. The van der Waals surface area contributed by atoms with Gasteiger partial charge in [-0.15, -0.1) is 0 Å². The maximum atomic E-state index is 12.7. The van der Waals surface area contributed by atoms with E-state index in [-0.39, 0.29) is 26.1 Å². The van der Waals surface area contributed by atoms with Crippen LogP contribution in [-0.4, -0.2) is 89.0 Å². The molecule has 0 aromatic carbocycles. The van der Waals surface area contributed by atoms with Crippen molar-refractivity contribution in [3.05, 3.63) is 48.6 Å². The van der Waals surface area contributed by atoms with Crippen LogP contribution < -0.4 is 0 Å². The number of aliphatic hydroxyl groups is 4. The van der Waals surface area contributed by atoms with E-state index < -0.39 is 55.4 Å². The summed E-state index contributed by atoms with van der Waals surface area (Å²) < 4.78 is 22.0. The lowest BCUT2D eigenvalue weighted by molar-refractivity contribution is -0.305. The molecular formula is C46H80O10. The molecule has 0 aromatic heterocycles. The van der Waals surface area contributed by atoms with E-state index in [1.807, 2.05) is 12.2 Å². The topological polar surface area (TPSA) is 152 Å². The van der Waals surface area contributed by atoms with E-state index in [0.29, 0.717) is 12.8 Å². The van der Waals surface area contributed by atoms with E-state index in [0.717, 1.165) is 51.4 Å². The summed E-state index contributed by atoms with van der Waals surface area (Å²) in [7, 11) is 0. The zero-order valence-electron chi connectivity index (χ0n) is 35.1. The van der Waals surface area contributed by atoms with Crippen molar-refractivity contribution in [2.45, 2.75) is 211 Å². The number of aliphatic hydroxyl groups excluding tert-OH is 4. The van der Waals surface area contributed by atoms with Gasteiger partial charge in [0.25, 0.3) is 0 Å². The minimum atomic E-state index is -1.61. The molecule has 0 aliphatic carbocycles. The average Bonchev–Trinajstić information content (AvgIpc) is 3.19. The zero-order valence-corrected chi connectivity index (χ0v) is 35.1. The summed E-state index contributed by atoms with van der Waals surface area (Å²) >= 11 is 0. The van der Waals surface area contributed by atoms with Gasteiger partial charge in [0.05, 0.1) is 13.2 Å². The Kier molecular flexibility index (Phi) is 34.1. The Morgan fingerprint density at radius 3 is 1.66 bits per heavy atom. The molecule has 0 bridgehead atoms. The fourth-order valence-electron chi connectivity index (χ4n) is 6.41. The van der Waals surface area contributed by atoms with Crippen LogP contribution in [0.3, 0.4) is 0 Å². The lowest BCUT2D eigenvalue weighted by Gasteiger charge is -2.39. The van der Waals surface area contributed by atoms with E-state index in [2.05, 4.69) is 50.3 Å². The molecule has 56 heavy (non-hydrogen) atoms. The summed E-state index contributed by atoms with van der Waals surface area (Å²) in [6.07, 6.45) is 35.6. The number of hydrogen-bond donors (Lipinski definition) is 4. The fourth-order valence-corrected chi connectivity index (χ4v) is 6.41. The third kappa shape index (κ3) is 28.1. The third-order valence-electron chi connectivity index (χ3n) is 9.98. The summed E-state index contributed by atoms with van der Waals surface area (Å²) in [4.78, 5) is 25.2. The van der Waals surface area contributed by atoms with Gasteiger partial charge < -0.3 is 39.4 Å². The van der Waals surface area contributed by atoms with Crippen LogP contribution in [0.1, 0.15) is 174 Å². The van der Waals surface area contributed by atoms with Crippen LogP contribution >= 0.6 is 0 Å². The molecule has 4 N–H and O–H groups in total. The van der Waals surface area contributed by atoms with Crippen LogP contribution in [0.25, 0.3) is 0 Å². The van der Waals surface area contributed by atoms with Crippen molar-refractivity contribution in [2.75, 3.05) is 19.8 Å². The molecule has 6 atom stereocenters. The van der Waals surface area contributed by atoms with Gasteiger partial charge in [0, 0.05) is 12.8 Å². The summed E-state index contributed by atoms with van der Waals surface area (Å²) in [5.41, 5.74) is 0. The van der Waals surface area contributed by atoms with Gasteiger partial charge in [-0.05, 0) is 57.8 Å². The molecule has 1 fully saturated rings. The van der Waals surface area contributed by atoms with Gasteiger partial charge in [-0.25, -0.2) is 0 Å². The molecular weight excluding hydrogens is 712 g/mol. The van der Waals surface area contributed by atoms with Crippen LogP contribution in [0.15, 0.2) is 48.6 Å². The zero-order chi connectivity index (χ0) is 40.9. The molecule has 1 aliphatic rings. The first kappa shape index (κ1) is 51.7. The number of carbonyl (C=O) groups excluding carboxylic acids is 2. The number of rotatable bonds is 36. The smallest absolute Gasteiger partial charge is 0.306 e. The summed E-state index contributed by atoms with van der Waals surface area (Å²) in [6.45, 7) is 3.33. The van der Waals surface area contributed by atoms with Gasteiger partial charge in [0.2, 0.25) is 0 Å². The first-order valence-corrected chi connectivity index (χ1v) is 22.2. The minimum absolute atomic E-state index is 0.119. The van der Waals surface area contributed by atoms with Gasteiger partial charge >= 0.3 is 11.9 Å². The number of carbonyl (C=O) groups is 2. The van der Waals surface area contributed by atoms with Crippen molar-refractivity contribution in [3.63, 3.8) is 0 Å². The average molecular weight is 793 g/mol. The Labute approximate surface area is 339 Å². The van der Waals surface area contributed by atoms with Crippen LogP contribution in [0, 0.1) is 0 Å². The molecule has 0 saturated carbocycles. The predicted octanol–water partition coefficient (Wildman–Crippen LogP) is 9.27. The van der Waals surface area contributed by atoms with E-state index >= 15 is 0 Å². The van der Waals surface area contributed by atoms with Crippen LogP contribution in [0.4, 0.5) is 0 Å². The van der Waals surface area contributed by atoms with Crippen molar-refractivity contribution >= 4 is 11.9 Å². The first-order chi connectivity index (χ1) is 27.3. The normalized spacial score (nSPS) is 20.9. The lowest BCUT2D eigenvalue weighted by Crippen LogP contribution is -2.59. The number of esters is 2. The Balaban J connectivity index is 2.37. The largest absolute Gasteiger partial charge is 0.462 e. The second-order valence-electron chi connectivity index (χ2n) is 15.2. The van der Waals surface area contributed by atoms with Gasteiger partial charge in [0.1, 0.15) is 31.0 Å². The molecule has 0 aromatic rings. The standard InChI is InChI=1S/C46H80O10/c1-3-5-7-9-11-13-15-17-18-19-20-21-23-24-26-28-30-32-34-41(48)53-37-39(38-54-46-45(52)44(51)43(50)40(36-47)56-46)55-42(49)35-33-31-29-27-25-22-16-14-12-10-8-6-4-2/h18-22,25,29,31,39-40,43-47,50-52H,3-17,23-24,26-28,30,32-38H2,1-2H3/b19-18+,21-20+,25-22+,31-29+/t39?,40-,43+,44?,45?,46-/m0/s1. The molecule has 0 amide bonds. The molecule has 0 spiro atoms. The maximum Gasteiger partial charge on any atom is 0.306 e. The SMILES string of the molecule is CCCCCCCC/C=C/C/C=C/CCC(=O)OC(COC(=O)CCCCCCC/C=C/C=C/CCCCCCCCC)CO[C@H]1O[C@@H](CO)[C@@H](O)C(O)C1O. The molecule has 3 unspecified atom stereocenters. The number of unbranched alkanes of at least 4 members (excludes halogenated alkanes) is 18. The maximum absolute atomic E-state index is 12.7. The molecule has 10 heteroatoms. The summed E-state index contributed by atoms with van der Waals surface area (Å²) in [6, 6.07) is 0. The first-order valence-electron chi connectivity index (χ1n) is 22.2. The predicted molar refractivity (Wildman–Crippen MR) is 224 cm³/mol. The Morgan fingerprint density at radius 2 is 1.09 bits per heavy atom. The van der Waals surface area contributed by atoms with Crippen LogP contribution in [0.5, 0.6) is 0 Å². The highest BCUT2D eigenvalue weighted by Gasteiger charge is 2.44. The molecule has 1 aliphatic heterocycles. The lowest BCUT2D eigenvalue weighted by atomic mass is 9.99. The van der Waals surface area contributed by atoms with E-state index in [1.54, 1.807) is 0 Å². The number of allylic oxidation sites excluding steroid dienone is 8. The Morgan fingerprint density at radius 1 is 0.571 bits per heavy atom. The second-order valence-corrected chi connectivity index (χ2v) is 15.2. The summed E-state index contributed by atoms with van der Waals surface area (Å²) in [5, 5.41) is 40.0. The second kappa shape index (κ2) is 37.0. The highest BCUT2D eigenvalue weighted by molar-refractivity contribution is 5.70. The highest BCUT2D eigenvalue weighted by Crippen LogP contribution is 2.22. The van der Waals surface area contributed by atoms with Crippen molar-refractivity contribution < 1.29 is 49.0 Å². The van der Waals surface area contributed by atoms with E-state index in [4.69, 9.17) is 18.9 Å². The third-order valence-corrected chi connectivity index (χ3v) is 9.98. The van der Waals surface area contributed by atoms with Crippen molar-refractivity contribution in [2.24, 2.45) is 0 Å². The minimum Gasteiger partial charge on any atom is -0.462 e. The van der Waals surface area contributed by atoms with Gasteiger partial charge in [-0.2, -0.15) is 0 Å². The quantitative estimate of drug-likeness (QED) is 0.0209. The molecule has 1 heterocycles. The Bertz CT molecular complexity index is 1050. The monoisotopic (exact) mass is 793 g/mol. The fraction of sp³-hybridized carbons (Fsp3) is 0.783. The van der Waals surface area contributed by atoms with Gasteiger partial charge in [-0.3, -0.25) is 9.59 Å².